The molecule has 2 atom stereocenters. The average Bonchev–Trinajstić information content (AvgIpc) is 3.44. The van der Waals surface area contributed by atoms with Gasteiger partial charge in [-0.05, 0) is 68.9 Å². The van der Waals surface area contributed by atoms with E-state index in [0.29, 0.717) is 41.3 Å². The highest BCUT2D eigenvalue weighted by Crippen LogP contribution is 2.43. The van der Waals surface area contributed by atoms with E-state index in [0.717, 1.165) is 25.7 Å². The number of hydrogen-bond acceptors (Lipinski definition) is 6. The third-order valence-electron chi connectivity index (χ3n) is 6.63. The summed E-state index contributed by atoms with van der Waals surface area (Å²) in [6, 6.07) is 10.5. The molecule has 1 aromatic carbocycles. The molecule has 10 heteroatoms. The van der Waals surface area contributed by atoms with E-state index in [9.17, 15) is 18.5 Å². The Morgan fingerprint density at radius 3 is 2.64 bits per heavy atom. The molecule has 9 nitrogen and oxygen atoms in total. The topological polar surface area (TPSA) is 124 Å². The van der Waals surface area contributed by atoms with Crippen LogP contribution in [0.3, 0.4) is 0 Å². The second kappa shape index (κ2) is 8.32. The molecule has 172 valence electrons. The van der Waals surface area contributed by atoms with Crippen LogP contribution >= 0.6 is 0 Å². The molecule has 0 amide bonds. The third-order valence-corrected chi connectivity index (χ3v) is 8.65. The molecule has 33 heavy (non-hydrogen) atoms. The molecule has 1 aliphatic heterocycles. The van der Waals surface area contributed by atoms with Gasteiger partial charge in [-0.15, -0.1) is 0 Å². The average molecular weight is 467 g/mol. The van der Waals surface area contributed by atoms with Crippen LogP contribution in [0.2, 0.25) is 0 Å². The summed E-state index contributed by atoms with van der Waals surface area (Å²) in [4.78, 5) is 15.6. The SMILES string of the molecule is C[C@H]1CCCN1S(=O)(=O)c1ccc(Nc2nn([C@@H](CC#N)C3CC3)c3cc[nH]c(=O)c23)cc1. The van der Waals surface area contributed by atoms with Gasteiger partial charge in [-0.1, -0.05) is 0 Å². The summed E-state index contributed by atoms with van der Waals surface area (Å²) >= 11 is 0. The van der Waals surface area contributed by atoms with Crippen LogP contribution in [0, 0.1) is 17.2 Å². The van der Waals surface area contributed by atoms with Gasteiger partial charge in [0.15, 0.2) is 5.82 Å². The van der Waals surface area contributed by atoms with Crippen molar-refractivity contribution in [3.8, 4) is 6.07 Å². The predicted octanol–water partition coefficient (Wildman–Crippen LogP) is 3.51. The normalized spacial score (nSPS) is 20.1. The molecule has 2 N–H and O–H groups in total. The number of nitriles is 1. The monoisotopic (exact) mass is 466 g/mol. The highest BCUT2D eigenvalue weighted by molar-refractivity contribution is 7.89. The van der Waals surface area contributed by atoms with E-state index in [1.807, 2.05) is 6.92 Å². The summed E-state index contributed by atoms with van der Waals surface area (Å²) in [5.41, 5.74) is 1.03. The zero-order chi connectivity index (χ0) is 23.2. The Hall–Kier alpha value is -3.16. The molecule has 3 aromatic rings. The van der Waals surface area contributed by atoms with Gasteiger partial charge in [0, 0.05) is 24.5 Å². The highest BCUT2D eigenvalue weighted by Gasteiger charge is 2.35. The number of anilines is 2. The van der Waals surface area contributed by atoms with Gasteiger partial charge >= 0.3 is 0 Å². The first kappa shape index (κ1) is 21.7. The number of nitrogens with zero attached hydrogens (tertiary/aromatic N) is 4. The van der Waals surface area contributed by atoms with Crippen molar-refractivity contribution in [3.05, 3.63) is 46.9 Å². The number of sulfonamides is 1. The Kier molecular flexibility index (Phi) is 5.46. The van der Waals surface area contributed by atoms with Crippen LogP contribution in [0.25, 0.3) is 10.9 Å². The number of hydrogen-bond donors (Lipinski definition) is 2. The Morgan fingerprint density at radius 1 is 1.24 bits per heavy atom. The van der Waals surface area contributed by atoms with E-state index in [1.54, 1.807) is 45.5 Å². The first-order valence-electron chi connectivity index (χ1n) is 11.3. The zero-order valence-corrected chi connectivity index (χ0v) is 19.2. The van der Waals surface area contributed by atoms with Gasteiger partial charge < -0.3 is 10.3 Å². The number of aromatic nitrogens is 3. The minimum absolute atomic E-state index is 0.00248. The summed E-state index contributed by atoms with van der Waals surface area (Å²) < 4.78 is 29.3. The quantitative estimate of drug-likeness (QED) is 0.549. The van der Waals surface area contributed by atoms with Gasteiger partial charge in [-0.25, -0.2) is 8.42 Å². The standard InChI is InChI=1S/C23H26N6O3S/c1-15-3-2-14-28(15)33(31,32)18-8-6-17(7-9-18)26-22-21-20(11-13-25-23(21)30)29(27-22)19(10-12-24)16-4-5-16/h6-9,11,13,15-16,19H,2-5,10,14H2,1H3,(H,25,30)(H,26,27)/t15-,19-/m0/s1. The zero-order valence-electron chi connectivity index (χ0n) is 18.4. The molecule has 0 unspecified atom stereocenters. The molecule has 1 saturated heterocycles. The van der Waals surface area contributed by atoms with Crippen molar-refractivity contribution < 1.29 is 8.42 Å². The van der Waals surface area contributed by atoms with Crippen molar-refractivity contribution in [2.24, 2.45) is 5.92 Å². The van der Waals surface area contributed by atoms with Crippen LogP contribution in [0.1, 0.15) is 45.1 Å². The Balaban J connectivity index is 1.47. The molecule has 3 heterocycles. The Labute approximate surface area is 192 Å². The number of H-pyrrole nitrogens is 1. The lowest BCUT2D eigenvalue weighted by molar-refractivity contribution is 0.408. The molecular weight excluding hydrogens is 440 g/mol. The van der Waals surface area contributed by atoms with Crippen molar-refractivity contribution in [2.75, 3.05) is 11.9 Å². The molecular formula is C23H26N6O3S. The van der Waals surface area contributed by atoms with Crippen LogP contribution in [-0.2, 0) is 10.0 Å². The lowest BCUT2D eigenvalue weighted by Crippen LogP contribution is -2.33. The second-order valence-electron chi connectivity index (χ2n) is 8.88. The van der Waals surface area contributed by atoms with E-state index >= 15 is 0 Å². The van der Waals surface area contributed by atoms with Crippen molar-refractivity contribution in [2.45, 2.75) is 56.0 Å². The van der Waals surface area contributed by atoms with E-state index < -0.39 is 10.0 Å². The maximum absolute atomic E-state index is 13.0. The van der Waals surface area contributed by atoms with Crippen molar-refractivity contribution >= 4 is 32.4 Å². The summed E-state index contributed by atoms with van der Waals surface area (Å²) in [6.07, 6.45) is 5.75. The van der Waals surface area contributed by atoms with Crippen LogP contribution in [-0.4, -0.2) is 40.1 Å². The molecule has 2 fully saturated rings. The van der Waals surface area contributed by atoms with E-state index in [4.69, 9.17) is 0 Å². The van der Waals surface area contributed by atoms with E-state index in [2.05, 4.69) is 21.5 Å². The lowest BCUT2D eigenvalue weighted by atomic mass is 10.1. The number of nitrogens with one attached hydrogen (secondary N) is 2. The number of fused-ring (bicyclic) bond motifs is 1. The third kappa shape index (κ3) is 3.92. The summed E-state index contributed by atoms with van der Waals surface area (Å²) in [6.45, 7) is 2.47. The van der Waals surface area contributed by atoms with Gasteiger partial charge in [0.25, 0.3) is 5.56 Å². The fraction of sp³-hybridized carbons (Fsp3) is 0.435. The Morgan fingerprint density at radius 2 is 2.00 bits per heavy atom. The maximum Gasteiger partial charge on any atom is 0.261 e. The first-order valence-corrected chi connectivity index (χ1v) is 12.7. The number of aromatic amines is 1. The highest BCUT2D eigenvalue weighted by atomic mass is 32.2. The fourth-order valence-electron chi connectivity index (χ4n) is 4.71. The lowest BCUT2D eigenvalue weighted by Gasteiger charge is -2.21. The molecule has 1 aliphatic carbocycles. The molecule has 5 rings (SSSR count). The molecule has 0 bridgehead atoms. The predicted molar refractivity (Wildman–Crippen MR) is 125 cm³/mol. The van der Waals surface area contributed by atoms with Gasteiger partial charge in [0.05, 0.1) is 28.9 Å². The molecule has 0 radical (unpaired) electrons. The van der Waals surface area contributed by atoms with Crippen molar-refractivity contribution in [3.63, 3.8) is 0 Å². The number of benzene rings is 1. The van der Waals surface area contributed by atoms with E-state index in [1.165, 1.54) is 0 Å². The van der Waals surface area contributed by atoms with Crippen LogP contribution in [0.15, 0.2) is 46.2 Å². The molecule has 1 saturated carbocycles. The van der Waals surface area contributed by atoms with Gasteiger partial charge in [0.2, 0.25) is 10.0 Å². The minimum atomic E-state index is -3.53. The van der Waals surface area contributed by atoms with Crippen LogP contribution < -0.4 is 10.9 Å². The number of pyridine rings is 1. The van der Waals surface area contributed by atoms with Crippen molar-refractivity contribution in [1.82, 2.24) is 19.1 Å². The van der Waals surface area contributed by atoms with Gasteiger partial charge in [0.1, 0.15) is 5.39 Å². The number of rotatable bonds is 7. The van der Waals surface area contributed by atoms with Gasteiger partial charge in [-0.3, -0.25) is 9.48 Å². The van der Waals surface area contributed by atoms with E-state index in [-0.39, 0.29) is 22.5 Å². The summed E-state index contributed by atoms with van der Waals surface area (Å²) in [5.74, 6) is 0.775. The maximum atomic E-state index is 13.0. The fourth-order valence-corrected chi connectivity index (χ4v) is 6.41. The van der Waals surface area contributed by atoms with Crippen LogP contribution in [0.5, 0.6) is 0 Å². The Bertz CT molecular complexity index is 1380. The smallest absolute Gasteiger partial charge is 0.261 e. The summed E-state index contributed by atoms with van der Waals surface area (Å²) in [7, 11) is -3.53. The minimum Gasteiger partial charge on any atom is -0.338 e. The van der Waals surface area contributed by atoms with Crippen molar-refractivity contribution in [1.29, 1.82) is 5.26 Å². The van der Waals surface area contributed by atoms with Crippen LogP contribution in [0.4, 0.5) is 11.5 Å². The molecule has 2 aliphatic rings. The molecule has 0 spiro atoms. The van der Waals surface area contributed by atoms with Gasteiger partial charge in [-0.2, -0.15) is 14.7 Å². The largest absolute Gasteiger partial charge is 0.338 e. The molecule has 2 aromatic heterocycles. The second-order valence-corrected chi connectivity index (χ2v) is 10.8. The summed E-state index contributed by atoms with van der Waals surface area (Å²) in [5, 5.41) is 17.6. The first-order chi connectivity index (χ1) is 15.9.